The molecular formula is C17H23F3N2O4S. The summed E-state index contributed by atoms with van der Waals surface area (Å²) in [4.78, 5) is 11.9. The number of nitrogens with one attached hydrogen (secondary N) is 1. The summed E-state index contributed by atoms with van der Waals surface area (Å²) in [6.07, 6.45) is 2.17. The van der Waals surface area contributed by atoms with Crippen molar-refractivity contribution in [3.05, 3.63) is 41.7 Å². The summed E-state index contributed by atoms with van der Waals surface area (Å²) in [5.74, 6) is 0.390. The van der Waals surface area contributed by atoms with E-state index in [2.05, 4.69) is 23.3 Å². The Bertz CT molecular complexity index is 744. The van der Waals surface area contributed by atoms with Gasteiger partial charge in [-0.05, 0) is 36.7 Å². The number of alkyl halides is 3. The molecular weight excluding hydrogens is 385 g/mol. The highest BCUT2D eigenvalue weighted by Crippen LogP contribution is 2.28. The second kappa shape index (κ2) is 9.75. The van der Waals surface area contributed by atoms with Gasteiger partial charge in [0.2, 0.25) is 6.41 Å². The van der Waals surface area contributed by atoms with Crippen LogP contribution in [0.5, 0.6) is 0 Å². The van der Waals surface area contributed by atoms with Crippen LogP contribution < -0.4 is 5.32 Å². The zero-order chi connectivity index (χ0) is 20.7. The van der Waals surface area contributed by atoms with E-state index in [-0.39, 0.29) is 12.2 Å². The average molecular weight is 408 g/mol. The van der Waals surface area contributed by atoms with Crippen molar-refractivity contribution in [3.63, 3.8) is 0 Å². The predicted molar refractivity (Wildman–Crippen MR) is 96.5 cm³/mol. The number of hydrogen-bond acceptors (Lipinski definition) is 5. The van der Waals surface area contributed by atoms with Crippen molar-refractivity contribution in [3.8, 4) is 0 Å². The maximum atomic E-state index is 11.9. The van der Waals surface area contributed by atoms with E-state index in [0.717, 1.165) is 5.69 Å². The van der Waals surface area contributed by atoms with Crippen LogP contribution in [0.25, 0.3) is 0 Å². The van der Waals surface area contributed by atoms with Crippen LogP contribution in [0.4, 0.5) is 18.9 Å². The van der Waals surface area contributed by atoms with Crippen molar-refractivity contribution in [2.75, 3.05) is 25.5 Å². The quantitative estimate of drug-likeness (QED) is 0.459. The van der Waals surface area contributed by atoms with Crippen molar-refractivity contribution in [2.24, 2.45) is 0 Å². The maximum Gasteiger partial charge on any atom is 0.534 e. The molecule has 0 atom stereocenters. The molecule has 152 valence electrons. The lowest BCUT2D eigenvalue weighted by atomic mass is 10.0. The van der Waals surface area contributed by atoms with Gasteiger partial charge in [0.15, 0.2) is 0 Å². The highest BCUT2D eigenvalue weighted by molar-refractivity contribution is 7.87. The molecule has 1 heterocycles. The minimum atomic E-state index is -5.50. The number of anilines is 1. The van der Waals surface area contributed by atoms with Crippen LogP contribution in [0.1, 0.15) is 31.7 Å². The first-order chi connectivity index (χ1) is 12.5. The van der Waals surface area contributed by atoms with Gasteiger partial charge in [-0.1, -0.05) is 26.0 Å². The second-order valence-corrected chi connectivity index (χ2v) is 7.74. The monoisotopic (exact) mass is 408 g/mol. The third-order valence-electron chi connectivity index (χ3n) is 3.67. The number of halogens is 3. The molecule has 1 aromatic carbocycles. The van der Waals surface area contributed by atoms with Crippen LogP contribution in [-0.2, 0) is 19.1 Å². The zero-order valence-electron chi connectivity index (χ0n) is 15.3. The van der Waals surface area contributed by atoms with Crippen molar-refractivity contribution in [2.45, 2.75) is 31.7 Å². The van der Waals surface area contributed by atoms with E-state index in [1.54, 1.807) is 7.05 Å². The van der Waals surface area contributed by atoms with E-state index in [1.165, 1.54) is 11.6 Å². The van der Waals surface area contributed by atoms with Crippen molar-refractivity contribution >= 4 is 22.2 Å². The predicted octanol–water partition coefficient (Wildman–Crippen LogP) is 3.45. The van der Waals surface area contributed by atoms with Crippen LogP contribution >= 0.6 is 0 Å². The molecule has 1 aliphatic heterocycles. The topological polar surface area (TPSA) is 75.7 Å². The molecule has 1 aromatic rings. The van der Waals surface area contributed by atoms with Crippen LogP contribution in [-0.4, -0.2) is 45.4 Å². The Morgan fingerprint density at radius 2 is 1.81 bits per heavy atom. The molecule has 27 heavy (non-hydrogen) atoms. The van der Waals surface area contributed by atoms with Gasteiger partial charge in [0, 0.05) is 25.2 Å². The van der Waals surface area contributed by atoms with E-state index in [9.17, 15) is 26.4 Å². The zero-order valence-corrected chi connectivity index (χ0v) is 16.1. The van der Waals surface area contributed by atoms with Gasteiger partial charge in [0.1, 0.15) is 5.76 Å². The minimum absolute atomic E-state index is 0.148. The first kappa shape index (κ1) is 23.0. The molecule has 6 nitrogen and oxygen atoms in total. The number of benzene rings is 1. The SMILES string of the molecule is CC(C)c1ccc(NC=O)cc1.CN1CC=C(OS(=O)(=O)C(F)(F)F)CC1. The molecule has 1 N–H and O–H groups in total. The lowest BCUT2D eigenvalue weighted by Crippen LogP contribution is -2.29. The molecule has 10 heteroatoms. The van der Waals surface area contributed by atoms with E-state index >= 15 is 0 Å². The van der Waals surface area contributed by atoms with Crippen LogP contribution in [0.15, 0.2) is 36.1 Å². The largest absolute Gasteiger partial charge is 0.534 e. The maximum absolute atomic E-state index is 11.9. The summed E-state index contributed by atoms with van der Waals surface area (Å²) in [6.45, 7) is 5.13. The van der Waals surface area contributed by atoms with Gasteiger partial charge in [-0.25, -0.2) is 0 Å². The first-order valence-corrected chi connectivity index (χ1v) is 9.55. The van der Waals surface area contributed by atoms with Crippen LogP contribution in [0, 0.1) is 0 Å². The highest BCUT2D eigenvalue weighted by atomic mass is 32.2. The highest BCUT2D eigenvalue weighted by Gasteiger charge is 2.48. The van der Waals surface area contributed by atoms with E-state index < -0.39 is 15.6 Å². The van der Waals surface area contributed by atoms with Crippen molar-refractivity contribution in [1.82, 2.24) is 4.90 Å². The third kappa shape index (κ3) is 7.59. The average Bonchev–Trinajstić information content (AvgIpc) is 2.57. The standard InChI is InChI=1S/C10H13NO.C7H10F3NO3S/c1-8(2)9-3-5-10(6-4-9)11-7-12;1-11-4-2-6(3-5-11)14-15(12,13)7(8,9)10/h3-8H,1-2H3,(H,11,12);2H,3-5H2,1H3. The molecule has 0 unspecified atom stereocenters. The molecule has 0 bridgehead atoms. The molecule has 2 rings (SSSR count). The fraction of sp³-hybridized carbons (Fsp3) is 0.471. The molecule has 0 aromatic heterocycles. The fourth-order valence-corrected chi connectivity index (χ4v) is 2.58. The molecule has 0 aliphatic carbocycles. The van der Waals surface area contributed by atoms with Gasteiger partial charge in [0.25, 0.3) is 0 Å². The Balaban J connectivity index is 0.000000277. The van der Waals surface area contributed by atoms with Crippen molar-refractivity contribution in [1.29, 1.82) is 0 Å². The molecule has 0 saturated heterocycles. The first-order valence-electron chi connectivity index (χ1n) is 8.14. The van der Waals surface area contributed by atoms with E-state index in [1.807, 2.05) is 29.2 Å². The minimum Gasteiger partial charge on any atom is -0.381 e. The number of likely N-dealkylation sites (N-methyl/N-ethyl adjacent to an activating group) is 1. The van der Waals surface area contributed by atoms with E-state index in [4.69, 9.17) is 0 Å². The Labute approximate surface area is 157 Å². The second-order valence-electron chi connectivity index (χ2n) is 6.20. The van der Waals surface area contributed by atoms with E-state index in [0.29, 0.717) is 25.4 Å². The van der Waals surface area contributed by atoms with Gasteiger partial charge < -0.3 is 14.4 Å². The normalized spacial score (nSPS) is 15.4. The summed E-state index contributed by atoms with van der Waals surface area (Å²) in [5, 5.41) is 2.59. The Morgan fingerprint density at radius 3 is 2.22 bits per heavy atom. The summed E-state index contributed by atoms with van der Waals surface area (Å²) in [6, 6.07) is 7.86. The summed E-state index contributed by atoms with van der Waals surface area (Å²) in [5.41, 5.74) is -3.24. The van der Waals surface area contributed by atoms with Crippen LogP contribution in [0.2, 0.25) is 0 Å². The van der Waals surface area contributed by atoms with Gasteiger partial charge in [-0.3, -0.25) is 4.79 Å². The number of carbonyl (C=O) groups is 1. The number of rotatable bonds is 5. The number of nitrogens with zero attached hydrogens (tertiary/aromatic N) is 1. The summed E-state index contributed by atoms with van der Waals surface area (Å²) in [7, 11) is -3.73. The Morgan fingerprint density at radius 1 is 1.22 bits per heavy atom. The van der Waals surface area contributed by atoms with Crippen LogP contribution in [0.3, 0.4) is 0 Å². The molecule has 0 fully saturated rings. The summed E-state index contributed by atoms with van der Waals surface area (Å²) >= 11 is 0. The number of carbonyl (C=O) groups excluding carboxylic acids is 1. The number of amides is 1. The van der Waals surface area contributed by atoms with Gasteiger partial charge >= 0.3 is 15.6 Å². The molecule has 0 radical (unpaired) electrons. The molecule has 1 aliphatic rings. The molecule has 0 spiro atoms. The molecule has 0 saturated carbocycles. The fourth-order valence-electron chi connectivity index (χ4n) is 2.05. The van der Waals surface area contributed by atoms with Gasteiger partial charge in [-0.15, -0.1) is 0 Å². The van der Waals surface area contributed by atoms with Gasteiger partial charge in [0.05, 0.1) is 0 Å². The third-order valence-corrected chi connectivity index (χ3v) is 4.67. The molecule has 1 amide bonds. The van der Waals surface area contributed by atoms with Gasteiger partial charge in [-0.2, -0.15) is 21.6 Å². The lowest BCUT2D eigenvalue weighted by molar-refractivity contribution is -0.105. The number of hydrogen-bond donors (Lipinski definition) is 1. The van der Waals surface area contributed by atoms with Crippen molar-refractivity contribution < 1.29 is 30.6 Å². The smallest absolute Gasteiger partial charge is 0.381 e. The summed E-state index contributed by atoms with van der Waals surface area (Å²) < 4.78 is 60.9. The Kier molecular flexibility index (Phi) is 8.29. The lowest BCUT2D eigenvalue weighted by Gasteiger charge is -2.21. The Hall–Kier alpha value is -2.07.